The Morgan fingerprint density at radius 3 is 2.44 bits per heavy atom. The molecule has 3 N–H and O–H groups in total. The van der Waals surface area contributed by atoms with Gasteiger partial charge in [-0.3, -0.25) is 25.0 Å². The molecule has 162 valence electrons. The molecule has 1 heterocycles. The third-order valence-electron chi connectivity index (χ3n) is 4.96. The molecule has 2 amide bonds. The molecular formula is C24H23N5O3. The molecule has 3 aromatic carbocycles. The minimum Gasteiger partial charge on any atom is -0.497 e. The predicted molar refractivity (Wildman–Crippen MR) is 123 cm³/mol. The third-order valence-corrected chi connectivity index (χ3v) is 4.96. The maximum atomic E-state index is 12.5. The number of fused-ring (bicyclic) bond motifs is 1. The maximum absolute atomic E-state index is 12.5. The van der Waals surface area contributed by atoms with E-state index in [9.17, 15) is 9.59 Å². The maximum Gasteiger partial charge on any atom is 0.269 e. The van der Waals surface area contributed by atoms with E-state index in [-0.39, 0.29) is 12.5 Å². The smallest absolute Gasteiger partial charge is 0.269 e. The van der Waals surface area contributed by atoms with Crippen molar-refractivity contribution in [2.75, 3.05) is 19.0 Å². The van der Waals surface area contributed by atoms with Gasteiger partial charge in [0.25, 0.3) is 11.8 Å². The van der Waals surface area contributed by atoms with Crippen LogP contribution in [0, 0.1) is 6.92 Å². The van der Waals surface area contributed by atoms with Gasteiger partial charge in [-0.15, -0.1) is 0 Å². The van der Waals surface area contributed by atoms with Gasteiger partial charge in [-0.05, 0) is 61.5 Å². The van der Waals surface area contributed by atoms with Crippen LogP contribution in [-0.4, -0.2) is 35.0 Å². The van der Waals surface area contributed by atoms with Crippen molar-refractivity contribution in [1.82, 2.24) is 20.4 Å². The molecule has 0 aliphatic heterocycles. The number of para-hydroxylation sites is 1. The highest BCUT2D eigenvalue weighted by molar-refractivity contribution is 5.98. The molecule has 8 nitrogen and oxygen atoms in total. The first-order valence-electron chi connectivity index (χ1n) is 10.1. The summed E-state index contributed by atoms with van der Waals surface area (Å²) in [6.07, 6.45) is 0. The Morgan fingerprint density at radius 1 is 0.969 bits per heavy atom. The van der Waals surface area contributed by atoms with Gasteiger partial charge in [0, 0.05) is 16.9 Å². The van der Waals surface area contributed by atoms with Crippen LogP contribution in [0.5, 0.6) is 5.75 Å². The number of rotatable bonds is 6. The predicted octanol–water partition coefficient (Wildman–Crippen LogP) is 3.22. The molecule has 0 atom stereocenters. The molecule has 0 saturated heterocycles. The first kappa shape index (κ1) is 20.9. The number of nitrogens with zero attached hydrogens (tertiary/aromatic N) is 2. The summed E-state index contributed by atoms with van der Waals surface area (Å²) >= 11 is 0. The third kappa shape index (κ3) is 4.54. The van der Waals surface area contributed by atoms with Gasteiger partial charge in [-0.25, -0.2) is 4.98 Å². The zero-order chi connectivity index (χ0) is 22.5. The Labute approximate surface area is 185 Å². The summed E-state index contributed by atoms with van der Waals surface area (Å²) in [5.74, 6) is 0.755. The summed E-state index contributed by atoms with van der Waals surface area (Å²) < 4.78 is 7.13. The number of aryl methyl sites for hydroxylation is 1. The Balaban J connectivity index is 1.37. The number of carbonyl (C=O) groups excluding carboxylic acids is 2. The highest BCUT2D eigenvalue weighted by Gasteiger charge is 2.13. The summed E-state index contributed by atoms with van der Waals surface area (Å²) in [5, 5.41) is 2.98. The molecule has 0 spiro atoms. The van der Waals surface area contributed by atoms with Crippen molar-refractivity contribution in [3.05, 3.63) is 84.2 Å². The van der Waals surface area contributed by atoms with E-state index in [4.69, 9.17) is 4.74 Å². The van der Waals surface area contributed by atoms with Crippen molar-refractivity contribution in [3.63, 3.8) is 0 Å². The normalized spacial score (nSPS) is 10.6. The average Bonchev–Trinajstić information content (AvgIpc) is 3.16. The van der Waals surface area contributed by atoms with E-state index in [0.717, 1.165) is 28.5 Å². The number of imidazole rings is 1. The van der Waals surface area contributed by atoms with Crippen LogP contribution >= 0.6 is 0 Å². The molecular weight excluding hydrogens is 406 g/mol. The lowest BCUT2D eigenvalue weighted by molar-refractivity contribution is -0.120. The van der Waals surface area contributed by atoms with Gasteiger partial charge in [-0.2, -0.15) is 0 Å². The van der Waals surface area contributed by atoms with Gasteiger partial charge in [-0.1, -0.05) is 18.2 Å². The van der Waals surface area contributed by atoms with Crippen LogP contribution in [0.25, 0.3) is 16.7 Å². The van der Waals surface area contributed by atoms with E-state index in [2.05, 4.69) is 21.2 Å². The van der Waals surface area contributed by atoms with E-state index in [1.807, 2.05) is 47.9 Å². The highest BCUT2D eigenvalue weighted by Crippen LogP contribution is 2.22. The van der Waals surface area contributed by atoms with Crippen molar-refractivity contribution in [2.24, 2.45) is 0 Å². The standard InChI is InChI=1S/C24H23N5O3/c1-16-26-21-14-17(8-13-22(21)29(16)19-6-4-3-5-7-19)24(31)28-27-23(30)15-25-18-9-11-20(32-2)12-10-18/h3-14,25H,15H2,1-2H3,(H,27,30)(H,28,31). The number of hydrogen-bond acceptors (Lipinski definition) is 5. The Morgan fingerprint density at radius 2 is 1.72 bits per heavy atom. The van der Waals surface area contributed by atoms with Crippen LogP contribution in [-0.2, 0) is 4.79 Å². The Kier molecular flexibility index (Phi) is 6.03. The summed E-state index contributed by atoms with van der Waals surface area (Å²) in [6.45, 7) is 1.93. The minimum absolute atomic E-state index is 0.00627. The molecule has 4 aromatic rings. The Bertz CT molecular complexity index is 1250. The summed E-state index contributed by atoms with van der Waals surface area (Å²) in [7, 11) is 1.59. The van der Waals surface area contributed by atoms with Crippen molar-refractivity contribution in [1.29, 1.82) is 0 Å². The average molecular weight is 429 g/mol. The van der Waals surface area contributed by atoms with Crippen LogP contribution in [0.2, 0.25) is 0 Å². The second kappa shape index (κ2) is 9.22. The molecule has 32 heavy (non-hydrogen) atoms. The second-order valence-corrected chi connectivity index (χ2v) is 7.12. The fourth-order valence-electron chi connectivity index (χ4n) is 3.38. The fourth-order valence-corrected chi connectivity index (χ4v) is 3.38. The molecule has 0 unspecified atom stereocenters. The number of hydrogen-bond donors (Lipinski definition) is 3. The number of aromatic nitrogens is 2. The number of amides is 2. The van der Waals surface area contributed by atoms with Crippen LogP contribution in [0.1, 0.15) is 16.2 Å². The Hall–Kier alpha value is -4.33. The molecule has 0 aliphatic rings. The molecule has 0 fully saturated rings. The number of nitrogens with one attached hydrogen (secondary N) is 3. The first-order valence-corrected chi connectivity index (χ1v) is 10.1. The highest BCUT2D eigenvalue weighted by atomic mass is 16.5. The SMILES string of the molecule is COc1ccc(NCC(=O)NNC(=O)c2ccc3c(c2)nc(C)n3-c2ccccc2)cc1. The summed E-state index contributed by atoms with van der Waals surface area (Å²) in [6, 6.07) is 22.4. The second-order valence-electron chi connectivity index (χ2n) is 7.12. The van der Waals surface area contributed by atoms with Gasteiger partial charge in [0.1, 0.15) is 11.6 Å². The molecule has 8 heteroatoms. The zero-order valence-corrected chi connectivity index (χ0v) is 17.8. The molecule has 0 radical (unpaired) electrons. The topological polar surface area (TPSA) is 97.3 Å². The molecule has 4 rings (SSSR count). The van der Waals surface area contributed by atoms with E-state index in [0.29, 0.717) is 11.1 Å². The fraction of sp³-hybridized carbons (Fsp3) is 0.125. The summed E-state index contributed by atoms with van der Waals surface area (Å²) in [5.41, 5.74) is 8.62. The van der Waals surface area contributed by atoms with Crippen LogP contribution in [0.3, 0.4) is 0 Å². The van der Waals surface area contributed by atoms with E-state index < -0.39 is 5.91 Å². The van der Waals surface area contributed by atoms with E-state index in [1.165, 1.54) is 0 Å². The van der Waals surface area contributed by atoms with Crippen LogP contribution in [0.4, 0.5) is 5.69 Å². The number of hydrazine groups is 1. The van der Waals surface area contributed by atoms with E-state index in [1.54, 1.807) is 43.5 Å². The number of anilines is 1. The molecule has 0 bridgehead atoms. The number of ether oxygens (including phenoxy) is 1. The lowest BCUT2D eigenvalue weighted by Gasteiger charge is -2.10. The van der Waals surface area contributed by atoms with Crippen LogP contribution < -0.4 is 20.9 Å². The van der Waals surface area contributed by atoms with E-state index >= 15 is 0 Å². The van der Waals surface area contributed by atoms with Gasteiger partial charge < -0.3 is 10.1 Å². The molecule has 0 saturated carbocycles. The number of methoxy groups -OCH3 is 1. The van der Waals surface area contributed by atoms with Gasteiger partial charge in [0.2, 0.25) is 0 Å². The number of carbonyl (C=O) groups is 2. The van der Waals surface area contributed by atoms with Gasteiger partial charge in [0.05, 0.1) is 24.7 Å². The molecule has 1 aromatic heterocycles. The van der Waals surface area contributed by atoms with Crippen LogP contribution in [0.15, 0.2) is 72.8 Å². The largest absolute Gasteiger partial charge is 0.497 e. The summed E-state index contributed by atoms with van der Waals surface area (Å²) in [4.78, 5) is 29.1. The lowest BCUT2D eigenvalue weighted by Crippen LogP contribution is -2.44. The lowest BCUT2D eigenvalue weighted by atomic mass is 10.2. The number of benzene rings is 3. The van der Waals surface area contributed by atoms with Gasteiger partial charge >= 0.3 is 0 Å². The minimum atomic E-state index is -0.420. The van der Waals surface area contributed by atoms with Crippen molar-refractivity contribution in [2.45, 2.75) is 6.92 Å². The molecule has 0 aliphatic carbocycles. The first-order chi connectivity index (χ1) is 15.5. The van der Waals surface area contributed by atoms with Gasteiger partial charge in [0.15, 0.2) is 0 Å². The monoisotopic (exact) mass is 429 g/mol. The van der Waals surface area contributed by atoms with Crippen molar-refractivity contribution < 1.29 is 14.3 Å². The zero-order valence-electron chi connectivity index (χ0n) is 17.8. The quantitative estimate of drug-likeness (QED) is 0.409. The van der Waals surface area contributed by atoms with Crippen molar-refractivity contribution >= 4 is 28.5 Å². The van der Waals surface area contributed by atoms with Crippen molar-refractivity contribution in [3.8, 4) is 11.4 Å².